The number of amides is 2. The number of ether oxygens (including phenoxy) is 1. The Morgan fingerprint density at radius 1 is 1.24 bits per heavy atom. The quantitative estimate of drug-likeness (QED) is 0.376. The van der Waals surface area contributed by atoms with Crippen LogP contribution in [0, 0.1) is 23.1 Å². The van der Waals surface area contributed by atoms with Gasteiger partial charge in [-0.05, 0) is 35.9 Å². The van der Waals surface area contributed by atoms with Gasteiger partial charge in [0, 0.05) is 14.9 Å². The van der Waals surface area contributed by atoms with E-state index in [1.54, 1.807) is 30.3 Å². The molecule has 2 atom stereocenters. The van der Waals surface area contributed by atoms with E-state index < -0.39 is 35.4 Å². The van der Waals surface area contributed by atoms with E-state index in [0.717, 1.165) is 11.8 Å². The van der Waals surface area contributed by atoms with Crippen LogP contribution in [0.4, 0.5) is 10.1 Å². The standard InChI is InChI=1S/C22H16Br2FN3O4S/c1-32-22(31)19-18(11-3-2-4-12(23)7-11)14(9-26)21(28-20(19)30)33-10-17(29)27-16-6-5-13(24)8-15(16)25/h2-8,18-19H,10H2,1H3,(H,27,29)(H,28,30)/t18-,19-/m0/s1. The first-order valence-electron chi connectivity index (χ1n) is 9.41. The van der Waals surface area contributed by atoms with Gasteiger partial charge in [-0.2, -0.15) is 5.26 Å². The van der Waals surface area contributed by atoms with Gasteiger partial charge in [-0.3, -0.25) is 14.4 Å². The predicted octanol–water partition coefficient (Wildman–Crippen LogP) is 4.46. The van der Waals surface area contributed by atoms with Crippen LogP contribution < -0.4 is 10.6 Å². The molecule has 0 saturated heterocycles. The van der Waals surface area contributed by atoms with Crippen molar-refractivity contribution in [3.63, 3.8) is 0 Å². The van der Waals surface area contributed by atoms with Gasteiger partial charge in [-0.1, -0.05) is 55.8 Å². The highest BCUT2D eigenvalue weighted by Gasteiger charge is 2.44. The van der Waals surface area contributed by atoms with E-state index >= 15 is 0 Å². The molecule has 0 radical (unpaired) electrons. The van der Waals surface area contributed by atoms with Crippen LogP contribution >= 0.6 is 43.6 Å². The minimum atomic E-state index is -1.27. The Balaban J connectivity index is 1.89. The number of hydrogen-bond acceptors (Lipinski definition) is 6. The van der Waals surface area contributed by atoms with Crippen molar-refractivity contribution >= 4 is 67.1 Å². The summed E-state index contributed by atoms with van der Waals surface area (Å²) < 4.78 is 20.0. The molecule has 1 aliphatic heterocycles. The zero-order valence-corrected chi connectivity index (χ0v) is 21.0. The van der Waals surface area contributed by atoms with Crippen LogP contribution in [0.25, 0.3) is 0 Å². The summed E-state index contributed by atoms with van der Waals surface area (Å²) in [6.45, 7) is 0. The molecule has 7 nitrogen and oxygen atoms in total. The second-order valence-corrected chi connectivity index (χ2v) is 9.66. The van der Waals surface area contributed by atoms with Gasteiger partial charge in [-0.15, -0.1) is 0 Å². The number of halogens is 3. The number of carbonyl (C=O) groups excluding carboxylic acids is 3. The molecule has 11 heteroatoms. The highest BCUT2D eigenvalue weighted by Crippen LogP contribution is 2.40. The van der Waals surface area contributed by atoms with Gasteiger partial charge in [0.25, 0.3) is 0 Å². The Kier molecular flexibility index (Phi) is 8.29. The fourth-order valence-corrected chi connectivity index (χ4v) is 4.89. The van der Waals surface area contributed by atoms with Gasteiger partial charge in [-0.25, -0.2) is 4.39 Å². The number of methoxy groups -OCH3 is 1. The lowest BCUT2D eigenvalue weighted by Crippen LogP contribution is -2.44. The second-order valence-electron chi connectivity index (χ2n) is 6.84. The van der Waals surface area contributed by atoms with Crippen molar-refractivity contribution in [3.05, 3.63) is 73.4 Å². The van der Waals surface area contributed by atoms with Crippen LogP contribution in [0.15, 0.2) is 62.0 Å². The highest BCUT2D eigenvalue weighted by atomic mass is 79.9. The minimum absolute atomic E-state index is 0.00346. The van der Waals surface area contributed by atoms with Crippen molar-refractivity contribution in [1.82, 2.24) is 5.32 Å². The molecular weight excluding hydrogens is 581 g/mol. The Bertz CT molecular complexity index is 1200. The van der Waals surface area contributed by atoms with Gasteiger partial charge in [0.1, 0.15) is 11.7 Å². The molecule has 0 saturated carbocycles. The maximum absolute atomic E-state index is 14.0. The number of carbonyl (C=O) groups is 3. The first-order valence-corrected chi connectivity index (χ1v) is 12.0. The third-order valence-electron chi connectivity index (χ3n) is 4.74. The molecule has 2 amide bonds. The van der Waals surface area contributed by atoms with E-state index in [0.29, 0.717) is 14.5 Å². The molecule has 2 aromatic rings. The Hall–Kier alpha value is -2.68. The lowest BCUT2D eigenvalue weighted by molar-refractivity contribution is -0.150. The van der Waals surface area contributed by atoms with Crippen molar-refractivity contribution in [2.24, 2.45) is 5.92 Å². The molecule has 1 aliphatic rings. The van der Waals surface area contributed by atoms with E-state index in [1.807, 2.05) is 0 Å². The molecule has 0 fully saturated rings. The summed E-state index contributed by atoms with van der Waals surface area (Å²) in [5.74, 6) is -4.94. The summed E-state index contributed by atoms with van der Waals surface area (Å²) in [7, 11) is 1.17. The summed E-state index contributed by atoms with van der Waals surface area (Å²) in [5.41, 5.74) is 0.685. The van der Waals surface area contributed by atoms with Crippen LogP contribution in [0.1, 0.15) is 11.5 Å². The molecule has 170 valence electrons. The summed E-state index contributed by atoms with van der Waals surface area (Å²) in [6.07, 6.45) is 0. The zero-order valence-electron chi connectivity index (χ0n) is 17.0. The van der Waals surface area contributed by atoms with Crippen LogP contribution in [0.5, 0.6) is 0 Å². The molecule has 0 unspecified atom stereocenters. The third kappa shape index (κ3) is 5.82. The topological polar surface area (TPSA) is 108 Å². The van der Waals surface area contributed by atoms with E-state index in [4.69, 9.17) is 4.74 Å². The lowest BCUT2D eigenvalue weighted by Gasteiger charge is -2.31. The minimum Gasteiger partial charge on any atom is -0.468 e. The number of hydrogen-bond donors (Lipinski definition) is 2. The monoisotopic (exact) mass is 595 g/mol. The summed E-state index contributed by atoms with van der Waals surface area (Å²) in [4.78, 5) is 37.6. The molecule has 33 heavy (non-hydrogen) atoms. The largest absolute Gasteiger partial charge is 0.468 e. The number of thioether (sulfide) groups is 1. The second kappa shape index (κ2) is 11.0. The molecule has 0 aliphatic carbocycles. The van der Waals surface area contributed by atoms with E-state index in [2.05, 4.69) is 48.6 Å². The molecule has 0 spiro atoms. The van der Waals surface area contributed by atoms with Crippen molar-refractivity contribution in [3.8, 4) is 6.07 Å². The average Bonchev–Trinajstić information content (AvgIpc) is 2.78. The molecule has 2 aromatic carbocycles. The van der Waals surface area contributed by atoms with Gasteiger partial charge in [0.05, 0.1) is 35.2 Å². The SMILES string of the molecule is COC(=O)[C@@H]1C(=O)NC(SCC(=O)Nc2ccc(Br)cc2F)=C(C#N)[C@@H]1c1cccc(Br)c1. The first-order chi connectivity index (χ1) is 15.7. The first kappa shape index (κ1) is 25.0. The van der Waals surface area contributed by atoms with Crippen molar-refractivity contribution in [2.45, 2.75) is 5.92 Å². The maximum Gasteiger partial charge on any atom is 0.319 e. The number of allylic oxidation sites excluding steroid dienone is 1. The van der Waals surface area contributed by atoms with Gasteiger partial charge < -0.3 is 15.4 Å². The number of nitrogens with zero attached hydrogens (tertiary/aromatic N) is 1. The van der Waals surface area contributed by atoms with E-state index in [1.165, 1.54) is 19.2 Å². The molecule has 2 N–H and O–H groups in total. The predicted molar refractivity (Wildman–Crippen MR) is 128 cm³/mol. The molecule has 0 aromatic heterocycles. The lowest BCUT2D eigenvalue weighted by atomic mass is 9.78. The summed E-state index contributed by atoms with van der Waals surface area (Å²) >= 11 is 7.42. The number of esters is 1. The number of anilines is 1. The van der Waals surface area contributed by atoms with Crippen molar-refractivity contribution < 1.29 is 23.5 Å². The Morgan fingerprint density at radius 2 is 1.97 bits per heavy atom. The van der Waals surface area contributed by atoms with Crippen LogP contribution in [-0.4, -0.2) is 30.6 Å². The van der Waals surface area contributed by atoms with Crippen LogP contribution in [0.3, 0.4) is 0 Å². The van der Waals surface area contributed by atoms with Gasteiger partial charge in [0.15, 0.2) is 0 Å². The fraction of sp³-hybridized carbons (Fsp3) is 0.182. The fourth-order valence-electron chi connectivity index (χ4n) is 3.29. The smallest absolute Gasteiger partial charge is 0.319 e. The number of nitrogens with one attached hydrogen (secondary N) is 2. The molecule has 1 heterocycles. The number of nitriles is 1. The number of rotatable bonds is 6. The molecule has 3 rings (SSSR count). The van der Waals surface area contributed by atoms with E-state index in [9.17, 15) is 24.0 Å². The third-order valence-corrected chi connectivity index (χ3v) is 6.75. The van der Waals surface area contributed by atoms with E-state index in [-0.39, 0.29) is 22.0 Å². The van der Waals surface area contributed by atoms with Crippen LogP contribution in [-0.2, 0) is 19.1 Å². The Labute approximate surface area is 210 Å². The molecular formula is C22H16Br2FN3O4S. The summed E-state index contributed by atoms with van der Waals surface area (Å²) in [5, 5.41) is 15.0. The average molecular weight is 597 g/mol. The summed E-state index contributed by atoms with van der Waals surface area (Å²) in [6, 6.07) is 13.2. The zero-order chi connectivity index (χ0) is 24.1. The maximum atomic E-state index is 14.0. The Morgan fingerprint density at radius 3 is 2.61 bits per heavy atom. The number of benzene rings is 2. The highest BCUT2D eigenvalue weighted by molar-refractivity contribution is 9.10. The normalized spacial score (nSPS) is 17.7. The van der Waals surface area contributed by atoms with Crippen LogP contribution in [0.2, 0.25) is 0 Å². The molecule has 0 bridgehead atoms. The van der Waals surface area contributed by atoms with Gasteiger partial charge in [0.2, 0.25) is 11.8 Å². The van der Waals surface area contributed by atoms with Crippen molar-refractivity contribution in [1.29, 1.82) is 5.26 Å². The van der Waals surface area contributed by atoms with Crippen molar-refractivity contribution in [2.75, 3.05) is 18.2 Å². The van der Waals surface area contributed by atoms with Gasteiger partial charge >= 0.3 is 5.97 Å².